The number of methoxy groups -OCH3 is 1. The molecular formula is C22H41NO3. The van der Waals surface area contributed by atoms with E-state index >= 15 is 0 Å². The molecule has 1 aliphatic heterocycles. The molecule has 4 nitrogen and oxygen atoms in total. The number of carbonyl (C=O) groups is 1. The van der Waals surface area contributed by atoms with Gasteiger partial charge in [0, 0.05) is 26.6 Å². The third-order valence-electron chi connectivity index (χ3n) is 5.60. The summed E-state index contributed by atoms with van der Waals surface area (Å²) in [5, 5.41) is 10.9. The number of ether oxygens (including phenoxy) is 1. The van der Waals surface area contributed by atoms with E-state index < -0.39 is 5.60 Å². The maximum Gasteiger partial charge on any atom is 0.258 e. The summed E-state index contributed by atoms with van der Waals surface area (Å²) >= 11 is 0. The monoisotopic (exact) mass is 367 g/mol. The lowest BCUT2D eigenvalue weighted by Gasteiger charge is -2.35. The zero-order chi connectivity index (χ0) is 19.3. The van der Waals surface area contributed by atoms with Gasteiger partial charge in [0.05, 0.1) is 6.10 Å². The number of likely N-dealkylation sites (tertiary alicyclic amines) is 1. The number of hydrogen-bond acceptors (Lipinski definition) is 3. The number of piperidine rings is 1. The minimum absolute atomic E-state index is 0.105. The molecule has 1 amide bonds. The van der Waals surface area contributed by atoms with E-state index in [9.17, 15) is 9.90 Å². The number of nitrogens with zero attached hydrogens (tertiary/aromatic N) is 1. The molecule has 0 bridgehead atoms. The molecule has 1 N–H and O–H groups in total. The topological polar surface area (TPSA) is 49.8 Å². The number of hydrogen-bond donors (Lipinski definition) is 1. The molecule has 1 rings (SSSR count). The Kier molecular flexibility index (Phi) is 11.9. The Hall–Kier alpha value is -0.870. The van der Waals surface area contributed by atoms with Gasteiger partial charge in [-0.3, -0.25) is 4.79 Å². The van der Waals surface area contributed by atoms with E-state index in [2.05, 4.69) is 13.5 Å². The molecular weight excluding hydrogens is 326 g/mol. The second-order valence-corrected chi connectivity index (χ2v) is 7.81. The molecule has 2 atom stereocenters. The van der Waals surface area contributed by atoms with Crippen LogP contribution in [0.2, 0.25) is 0 Å². The molecule has 1 fully saturated rings. The van der Waals surface area contributed by atoms with E-state index in [0.29, 0.717) is 6.42 Å². The average molecular weight is 368 g/mol. The minimum atomic E-state index is -1.50. The SMILES string of the molecule is C=C[C@](O)(C[C@H](CCCCCCCCCC)OC)C(=O)N1CCCCC1. The van der Waals surface area contributed by atoms with Crippen LogP contribution in [0.3, 0.4) is 0 Å². The summed E-state index contributed by atoms with van der Waals surface area (Å²) in [6.45, 7) is 7.45. The number of rotatable bonds is 14. The molecule has 0 aromatic rings. The van der Waals surface area contributed by atoms with Gasteiger partial charge in [-0.1, -0.05) is 70.9 Å². The minimum Gasteiger partial charge on any atom is -0.381 e. The Balaban J connectivity index is 2.35. The van der Waals surface area contributed by atoms with E-state index in [1.165, 1.54) is 51.0 Å². The van der Waals surface area contributed by atoms with Crippen molar-refractivity contribution in [3.63, 3.8) is 0 Å². The molecule has 1 heterocycles. The van der Waals surface area contributed by atoms with Gasteiger partial charge in [-0.05, 0) is 25.7 Å². The van der Waals surface area contributed by atoms with E-state index in [1.807, 2.05) is 0 Å². The van der Waals surface area contributed by atoms with Crippen LogP contribution >= 0.6 is 0 Å². The van der Waals surface area contributed by atoms with E-state index in [-0.39, 0.29) is 12.0 Å². The van der Waals surface area contributed by atoms with Crippen LogP contribution in [-0.2, 0) is 9.53 Å². The molecule has 4 heteroatoms. The van der Waals surface area contributed by atoms with Gasteiger partial charge in [0.1, 0.15) is 0 Å². The third kappa shape index (κ3) is 8.22. The maximum absolute atomic E-state index is 12.8. The number of amides is 1. The molecule has 1 aliphatic rings. The average Bonchev–Trinajstić information content (AvgIpc) is 2.69. The lowest BCUT2D eigenvalue weighted by atomic mass is 9.91. The predicted molar refractivity (Wildman–Crippen MR) is 108 cm³/mol. The van der Waals surface area contributed by atoms with Crippen LogP contribution in [0.25, 0.3) is 0 Å². The molecule has 0 aromatic carbocycles. The predicted octanol–water partition coefficient (Wildman–Crippen LogP) is 4.85. The van der Waals surface area contributed by atoms with E-state index in [1.54, 1.807) is 12.0 Å². The zero-order valence-electron chi connectivity index (χ0n) is 17.2. The first-order chi connectivity index (χ1) is 12.6. The van der Waals surface area contributed by atoms with Crippen molar-refractivity contribution in [3.8, 4) is 0 Å². The second kappa shape index (κ2) is 13.3. The maximum atomic E-state index is 12.8. The van der Waals surface area contributed by atoms with Gasteiger partial charge in [-0.25, -0.2) is 0 Å². The quantitative estimate of drug-likeness (QED) is 0.353. The summed E-state index contributed by atoms with van der Waals surface area (Å²) in [4.78, 5) is 14.5. The van der Waals surface area contributed by atoms with Gasteiger partial charge in [-0.2, -0.15) is 0 Å². The summed E-state index contributed by atoms with van der Waals surface area (Å²) in [5.41, 5.74) is -1.50. The molecule has 1 saturated heterocycles. The molecule has 152 valence electrons. The molecule has 0 saturated carbocycles. The van der Waals surface area contributed by atoms with Crippen molar-refractivity contribution >= 4 is 5.91 Å². The number of carbonyl (C=O) groups excluding carboxylic acids is 1. The molecule has 0 aliphatic carbocycles. The van der Waals surface area contributed by atoms with Gasteiger partial charge in [0.15, 0.2) is 5.60 Å². The second-order valence-electron chi connectivity index (χ2n) is 7.81. The molecule has 0 spiro atoms. The Morgan fingerprint density at radius 3 is 2.23 bits per heavy atom. The standard InChI is InChI=1S/C22H41NO3/c1-4-6-7-8-9-10-11-13-16-20(26-3)19-22(25,5-2)21(24)23-17-14-12-15-18-23/h5,20,25H,2,4,6-19H2,1,3H3/t20-,22-/m0/s1. The van der Waals surface area contributed by atoms with Gasteiger partial charge >= 0.3 is 0 Å². The van der Waals surface area contributed by atoms with Crippen LogP contribution in [0.5, 0.6) is 0 Å². The van der Waals surface area contributed by atoms with Gasteiger partial charge in [0.25, 0.3) is 5.91 Å². The largest absolute Gasteiger partial charge is 0.381 e. The smallest absolute Gasteiger partial charge is 0.258 e. The van der Waals surface area contributed by atoms with Crippen molar-refractivity contribution in [3.05, 3.63) is 12.7 Å². The van der Waals surface area contributed by atoms with Gasteiger partial charge < -0.3 is 14.7 Å². The van der Waals surface area contributed by atoms with Crippen LogP contribution in [0.15, 0.2) is 12.7 Å². The molecule has 0 aromatic heterocycles. The Labute approximate surface area is 161 Å². The molecule has 0 radical (unpaired) electrons. The van der Waals surface area contributed by atoms with Crippen molar-refractivity contribution in [2.24, 2.45) is 0 Å². The van der Waals surface area contributed by atoms with Crippen molar-refractivity contribution in [2.75, 3.05) is 20.2 Å². The first-order valence-corrected chi connectivity index (χ1v) is 10.8. The summed E-state index contributed by atoms with van der Waals surface area (Å²) in [6.07, 6.45) is 15.9. The summed E-state index contributed by atoms with van der Waals surface area (Å²) in [6, 6.07) is 0. The van der Waals surface area contributed by atoms with Gasteiger partial charge in [-0.15, -0.1) is 0 Å². The lowest BCUT2D eigenvalue weighted by molar-refractivity contribution is -0.150. The number of unbranched alkanes of at least 4 members (excludes halogenated alkanes) is 7. The van der Waals surface area contributed by atoms with Crippen LogP contribution in [0.1, 0.15) is 90.4 Å². The fourth-order valence-electron chi connectivity index (χ4n) is 3.78. The Morgan fingerprint density at radius 1 is 1.12 bits per heavy atom. The highest BCUT2D eigenvalue weighted by Crippen LogP contribution is 2.24. The fourth-order valence-corrected chi connectivity index (χ4v) is 3.78. The normalized spacial score (nSPS) is 18.3. The highest BCUT2D eigenvalue weighted by molar-refractivity contribution is 5.87. The van der Waals surface area contributed by atoms with E-state index in [4.69, 9.17) is 4.74 Å². The van der Waals surface area contributed by atoms with Crippen LogP contribution in [-0.4, -0.2) is 47.8 Å². The Bertz CT molecular complexity index is 393. The third-order valence-corrected chi connectivity index (χ3v) is 5.60. The van der Waals surface area contributed by atoms with Crippen molar-refractivity contribution in [1.29, 1.82) is 0 Å². The Morgan fingerprint density at radius 2 is 1.69 bits per heavy atom. The first kappa shape index (κ1) is 23.2. The summed E-state index contributed by atoms with van der Waals surface area (Å²) in [7, 11) is 1.67. The summed E-state index contributed by atoms with van der Waals surface area (Å²) in [5.74, 6) is -0.204. The van der Waals surface area contributed by atoms with Gasteiger partial charge in [0.2, 0.25) is 0 Å². The fraction of sp³-hybridized carbons (Fsp3) is 0.864. The molecule has 0 unspecified atom stereocenters. The zero-order valence-corrected chi connectivity index (χ0v) is 17.2. The van der Waals surface area contributed by atoms with Crippen LogP contribution < -0.4 is 0 Å². The van der Waals surface area contributed by atoms with Crippen molar-refractivity contribution < 1.29 is 14.6 Å². The van der Waals surface area contributed by atoms with Crippen molar-refractivity contribution in [1.82, 2.24) is 4.90 Å². The summed E-state index contributed by atoms with van der Waals surface area (Å²) < 4.78 is 5.57. The molecule has 26 heavy (non-hydrogen) atoms. The van der Waals surface area contributed by atoms with Crippen LogP contribution in [0, 0.1) is 0 Å². The first-order valence-electron chi connectivity index (χ1n) is 10.8. The van der Waals surface area contributed by atoms with Crippen molar-refractivity contribution in [2.45, 2.75) is 102 Å². The lowest BCUT2D eigenvalue weighted by Crippen LogP contribution is -2.51. The highest BCUT2D eigenvalue weighted by Gasteiger charge is 2.38. The number of aliphatic hydroxyl groups is 1. The van der Waals surface area contributed by atoms with E-state index in [0.717, 1.165) is 45.2 Å². The highest BCUT2D eigenvalue weighted by atomic mass is 16.5. The van der Waals surface area contributed by atoms with Crippen LogP contribution in [0.4, 0.5) is 0 Å².